The molecule has 0 aliphatic heterocycles. The Morgan fingerprint density at radius 2 is 1.82 bits per heavy atom. The van der Waals surface area contributed by atoms with Gasteiger partial charge in [-0.2, -0.15) is 5.10 Å². The molecule has 6 heteroatoms. The van der Waals surface area contributed by atoms with Gasteiger partial charge in [-0.15, -0.1) is 0 Å². The number of amides is 2. The van der Waals surface area contributed by atoms with Crippen LogP contribution in [0.2, 0.25) is 0 Å². The standard InChI is InChI=1S/C11H15N3O3/c1-4-12-14-11(15)13-8-5-9(16-2)7-10(6-8)17-3/h4-7H,1-3H3,(H2,13,14,15)/b12-4+. The fourth-order valence-electron chi connectivity index (χ4n) is 1.16. The molecule has 1 rings (SSSR count). The Kier molecular flexibility index (Phi) is 4.80. The molecule has 0 saturated carbocycles. The topological polar surface area (TPSA) is 72.0 Å². The highest BCUT2D eigenvalue weighted by Crippen LogP contribution is 2.25. The number of rotatable bonds is 4. The third kappa shape index (κ3) is 4.02. The van der Waals surface area contributed by atoms with Gasteiger partial charge in [0, 0.05) is 30.1 Å². The fraction of sp³-hybridized carbons (Fsp3) is 0.273. The summed E-state index contributed by atoms with van der Waals surface area (Å²) in [5.41, 5.74) is 2.85. The Labute approximate surface area is 99.6 Å². The molecule has 0 bridgehead atoms. The molecule has 2 amide bonds. The quantitative estimate of drug-likeness (QED) is 0.620. The van der Waals surface area contributed by atoms with Crippen LogP contribution in [-0.4, -0.2) is 26.5 Å². The van der Waals surface area contributed by atoms with Crippen molar-refractivity contribution in [3.63, 3.8) is 0 Å². The first-order valence-corrected chi connectivity index (χ1v) is 4.97. The van der Waals surface area contributed by atoms with Crippen LogP contribution in [0, 0.1) is 0 Å². The van der Waals surface area contributed by atoms with Crippen LogP contribution in [0.1, 0.15) is 6.92 Å². The second-order valence-electron chi connectivity index (χ2n) is 3.05. The number of ether oxygens (including phenoxy) is 2. The molecule has 0 atom stereocenters. The lowest BCUT2D eigenvalue weighted by molar-refractivity contribution is 0.252. The summed E-state index contributed by atoms with van der Waals surface area (Å²) < 4.78 is 10.2. The van der Waals surface area contributed by atoms with Gasteiger partial charge in [0.25, 0.3) is 0 Å². The highest BCUT2D eigenvalue weighted by atomic mass is 16.5. The number of nitrogens with zero attached hydrogens (tertiary/aromatic N) is 1. The summed E-state index contributed by atoms with van der Waals surface area (Å²) in [6.45, 7) is 1.70. The van der Waals surface area contributed by atoms with E-state index in [-0.39, 0.29) is 0 Å². The zero-order valence-corrected chi connectivity index (χ0v) is 9.98. The number of nitrogens with one attached hydrogen (secondary N) is 2. The SMILES string of the molecule is C/C=N/NC(=O)Nc1cc(OC)cc(OC)c1. The summed E-state index contributed by atoms with van der Waals surface area (Å²) in [7, 11) is 3.08. The molecule has 6 nitrogen and oxygen atoms in total. The molecule has 0 aromatic heterocycles. The van der Waals surface area contributed by atoms with Gasteiger partial charge >= 0.3 is 6.03 Å². The van der Waals surface area contributed by atoms with Crippen molar-refractivity contribution < 1.29 is 14.3 Å². The number of carbonyl (C=O) groups excluding carboxylic acids is 1. The van der Waals surface area contributed by atoms with Crippen molar-refractivity contribution >= 4 is 17.9 Å². The van der Waals surface area contributed by atoms with Crippen molar-refractivity contribution in [1.82, 2.24) is 5.43 Å². The van der Waals surface area contributed by atoms with Crippen molar-refractivity contribution in [1.29, 1.82) is 0 Å². The van der Waals surface area contributed by atoms with E-state index in [0.29, 0.717) is 17.2 Å². The van der Waals surface area contributed by atoms with E-state index < -0.39 is 6.03 Å². The van der Waals surface area contributed by atoms with E-state index in [9.17, 15) is 4.79 Å². The molecule has 0 saturated heterocycles. The molecule has 0 aliphatic rings. The number of hydrogen-bond acceptors (Lipinski definition) is 4. The van der Waals surface area contributed by atoms with Crippen molar-refractivity contribution in [2.24, 2.45) is 5.10 Å². The van der Waals surface area contributed by atoms with Crippen LogP contribution in [0.15, 0.2) is 23.3 Å². The van der Waals surface area contributed by atoms with Crippen LogP contribution in [0.25, 0.3) is 0 Å². The van der Waals surface area contributed by atoms with Gasteiger partial charge in [-0.3, -0.25) is 0 Å². The molecular weight excluding hydrogens is 222 g/mol. The Morgan fingerprint density at radius 1 is 1.24 bits per heavy atom. The number of carbonyl (C=O) groups is 1. The zero-order chi connectivity index (χ0) is 12.7. The number of methoxy groups -OCH3 is 2. The van der Waals surface area contributed by atoms with E-state index in [2.05, 4.69) is 15.8 Å². The van der Waals surface area contributed by atoms with Gasteiger partial charge < -0.3 is 14.8 Å². The molecule has 1 aromatic carbocycles. The van der Waals surface area contributed by atoms with Crippen LogP contribution in [-0.2, 0) is 0 Å². The molecule has 0 heterocycles. The number of hydrazone groups is 1. The number of hydrogen-bond donors (Lipinski definition) is 2. The van der Waals surface area contributed by atoms with Crippen LogP contribution >= 0.6 is 0 Å². The van der Waals surface area contributed by atoms with Gasteiger partial charge in [0.05, 0.1) is 14.2 Å². The zero-order valence-electron chi connectivity index (χ0n) is 9.98. The van der Waals surface area contributed by atoms with Gasteiger partial charge in [-0.05, 0) is 6.92 Å². The van der Waals surface area contributed by atoms with E-state index in [1.54, 1.807) is 39.3 Å². The third-order valence-electron chi connectivity index (χ3n) is 1.90. The van der Waals surface area contributed by atoms with E-state index in [1.807, 2.05) is 0 Å². The minimum atomic E-state index is -0.432. The molecule has 92 valence electrons. The minimum absolute atomic E-state index is 0.432. The van der Waals surface area contributed by atoms with E-state index in [4.69, 9.17) is 9.47 Å². The number of benzene rings is 1. The first-order chi connectivity index (χ1) is 8.19. The summed E-state index contributed by atoms with van der Waals surface area (Å²) in [5.74, 6) is 1.19. The Balaban J connectivity index is 2.79. The molecule has 2 N–H and O–H groups in total. The third-order valence-corrected chi connectivity index (χ3v) is 1.90. The van der Waals surface area contributed by atoms with E-state index in [0.717, 1.165) is 0 Å². The maximum absolute atomic E-state index is 11.4. The summed E-state index contributed by atoms with van der Waals surface area (Å²) >= 11 is 0. The molecule has 17 heavy (non-hydrogen) atoms. The average Bonchev–Trinajstić information content (AvgIpc) is 2.35. The smallest absolute Gasteiger partial charge is 0.339 e. The maximum atomic E-state index is 11.4. The van der Waals surface area contributed by atoms with Crippen molar-refractivity contribution in [2.45, 2.75) is 6.92 Å². The first kappa shape index (κ1) is 12.8. The van der Waals surface area contributed by atoms with Gasteiger partial charge in [0.2, 0.25) is 0 Å². The van der Waals surface area contributed by atoms with Gasteiger partial charge in [-0.25, -0.2) is 10.2 Å². The highest BCUT2D eigenvalue weighted by molar-refractivity contribution is 5.89. The predicted octanol–water partition coefficient (Wildman–Crippen LogP) is 1.83. The fourth-order valence-corrected chi connectivity index (χ4v) is 1.16. The molecule has 0 fully saturated rings. The largest absolute Gasteiger partial charge is 0.497 e. The van der Waals surface area contributed by atoms with E-state index >= 15 is 0 Å². The van der Waals surface area contributed by atoms with Gasteiger partial charge in [-0.1, -0.05) is 0 Å². The first-order valence-electron chi connectivity index (χ1n) is 4.97. The number of anilines is 1. The van der Waals surface area contributed by atoms with Crippen molar-refractivity contribution in [3.05, 3.63) is 18.2 Å². The Bertz CT molecular complexity index is 396. The van der Waals surface area contributed by atoms with Crippen molar-refractivity contribution in [3.8, 4) is 11.5 Å². The Morgan fingerprint density at radius 3 is 2.29 bits per heavy atom. The lowest BCUT2D eigenvalue weighted by atomic mass is 10.3. The second-order valence-corrected chi connectivity index (χ2v) is 3.05. The minimum Gasteiger partial charge on any atom is -0.497 e. The molecule has 0 aliphatic carbocycles. The normalized spacial score (nSPS) is 10.1. The summed E-state index contributed by atoms with van der Waals surface area (Å²) in [5, 5.41) is 6.21. The predicted molar refractivity (Wildman–Crippen MR) is 65.9 cm³/mol. The lowest BCUT2D eigenvalue weighted by Gasteiger charge is -2.09. The maximum Gasteiger partial charge on any atom is 0.339 e. The summed E-state index contributed by atoms with van der Waals surface area (Å²) in [6, 6.07) is 4.64. The van der Waals surface area contributed by atoms with Crippen LogP contribution in [0.4, 0.5) is 10.5 Å². The number of urea groups is 1. The van der Waals surface area contributed by atoms with Gasteiger partial charge in [0.1, 0.15) is 11.5 Å². The van der Waals surface area contributed by atoms with Gasteiger partial charge in [0.15, 0.2) is 0 Å². The molecular formula is C11H15N3O3. The second kappa shape index (κ2) is 6.37. The average molecular weight is 237 g/mol. The highest BCUT2D eigenvalue weighted by Gasteiger charge is 2.04. The van der Waals surface area contributed by atoms with Crippen LogP contribution < -0.4 is 20.2 Å². The summed E-state index contributed by atoms with van der Waals surface area (Å²) in [4.78, 5) is 11.4. The van der Waals surface area contributed by atoms with Crippen molar-refractivity contribution in [2.75, 3.05) is 19.5 Å². The molecule has 0 spiro atoms. The van der Waals surface area contributed by atoms with E-state index in [1.165, 1.54) is 6.21 Å². The molecule has 0 unspecified atom stereocenters. The Hall–Kier alpha value is -2.24. The molecule has 0 radical (unpaired) electrons. The van der Waals surface area contributed by atoms with Crippen LogP contribution in [0.5, 0.6) is 11.5 Å². The lowest BCUT2D eigenvalue weighted by Crippen LogP contribution is -2.23. The molecule has 1 aromatic rings. The summed E-state index contributed by atoms with van der Waals surface area (Å²) in [6.07, 6.45) is 1.48. The monoisotopic (exact) mass is 237 g/mol. The van der Waals surface area contributed by atoms with Crippen LogP contribution in [0.3, 0.4) is 0 Å².